The van der Waals surface area contributed by atoms with E-state index in [0.29, 0.717) is 37.6 Å². The summed E-state index contributed by atoms with van der Waals surface area (Å²) in [6, 6.07) is 12.4. The fraction of sp³-hybridized carbons (Fsp3) is 0.435. The van der Waals surface area contributed by atoms with Crippen LogP contribution in [0.25, 0.3) is 0 Å². The van der Waals surface area contributed by atoms with Gasteiger partial charge in [0.1, 0.15) is 0 Å². The second-order valence-electron chi connectivity index (χ2n) is 8.29. The van der Waals surface area contributed by atoms with Crippen molar-refractivity contribution >= 4 is 33.0 Å². The highest BCUT2D eigenvalue weighted by molar-refractivity contribution is 7.89. The molecule has 4 rings (SSSR count). The van der Waals surface area contributed by atoms with Gasteiger partial charge in [-0.3, -0.25) is 4.79 Å². The Morgan fingerprint density at radius 2 is 1.72 bits per heavy atom. The molecule has 2 fully saturated rings. The minimum Gasteiger partial charge on any atom is -0.379 e. The van der Waals surface area contributed by atoms with Gasteiger partial charge >= 0.3 is 0 Å². The number of anilines is 3. The highest BCUT2D eigenvalue weighted by Crippen LogP contribution is 2.33. The second-order valence-corrected chi connectivity index (χ2v) is 10.2. The first-order chi connectivity index (χ1) is 15.4. The Morgan fingerprint density at radius 1 is 1.00 bits per heavy atom. The molecule has 0 aromatic heterocycles. The predicted molar refractivity (Wildman–Crippen MR) is 126 cm³/mol. The summed E-state index contributed by atoms with van der Waals surface area (Å²) < 4.78 is 33.1. The number of sulfonamides is 1. The standard InChI is InChI=1S/C23H30N4O4S/c1-25(2)19-7-5-6-18(16-19)23(28)24-21-17-20(8-9-22(21)26-10-3-4-11-26)32(29,30)27-12-14-31-15-13-27/h5-9,16-17H,3-4,10-15H2,1-2H3,(H,24,28). The van der Waals surface area contributed by atoms with Crippen LogP contribution in [-0.2, 0) is 14.8 Å². The molecule has 0 unspecified atom stereocenters. The average Bonchev–Trinajstić information content (AvgIpc) is 3.34. The summed E-state index contributed by atoms with van der Waals surface area (Å²) in [6.45, 7) is 3.20. The maximum atomic E-state index is 13.2. The zero-order chi connectivity index (χ0) is 22.7. The van der Waals surface area contributed by atoms with Crippen molar-refractivity contribution in [3.8, 4) is 0 Å². The molecule has 8 nitrogen and oxygen atoms in total. The molecule has 0 atom stereocenters. The summed E-state index contributed by atoms with van der Waals surface area (Å²) in [5.41, 5.74) is 2.80. The van der Waals surface area contributed by atoms with Crippen molar-refractivity contribution < 1.29 is 17.9 Å². The molecule has 0 spiro atoms. The molecule has 1 N–H and O–H groups in total. The third kappa shape index (κ3) is 4.74. The van der Waals surface area contributed by atoms with Gasteiger partial charge in [0.25, 0.3) is 5.91 Å². The van der Waals surface area contributed by atoms with E-state index < -0.39 is 10.0 Å². The van der Waals surface area contributed by atoms with Gasteiger partial charge in [0.05, 0.1) is 29.5 Å². The highest BCUT2D eigenvalue weighted by atomic mass is 32.2. The molecule has 9 heteroatoms. The van der Waals surface area contributed by atoms with Crippen LogP contribution in [0.4, 0.5) is 17.1 Å². The fourth-order valence-electron chi connectivity index (χ4n) is 4.07. The van der Waals surface area contributed by atoms with Crippen molar-refractivity contribution in [2.24, 2.45) is 0 Å². The van der Waals surface area contributed by atoms with Crippen LogP contribution in [0.3, 0.4) is 0 Å². The summed E-state index contributed by atoms with van der Waals surface area (Å²) in [5.74, 6) is -0.268. The highest BCUT2D eigenvalue weighted by Gasteiger charge is 2.28. The number of morpholine rings is 1. The molecular weight excluding hydrogens is 428 g/mol. The Kier molecular flexibility index (Phi) is 6.68. The minimum absolute atomic E-state index is 0.180. The zero-order valence-electron chi connectivity index (χ0n) is 18.6. The monoisotopic (exact) mass is 458 g/mol. The van der Waals surface area contributed by atoms with Gasteiger partial charge in [-0.2, -0.15) is 4.31 Å². The lowest BCUT2D eigenvalue weighted by Crippen LogP contribution is -2.40. The smallest absolute Gasteiger partial charge is 0.255 e. The topological polar surface area (TPSA) is 82.2 Å². The first kappa shape index (κ1) is 22.6. The van der Waals surface area contributed by atoms with E-state index in [9.17, 15) is 13.2 Å². The number of hydrogen-bond donors (Lipinski definition) is 1. The normalized spacial score (nSPS) is 17.4. The lowest BCUT2D eigenvalue weighted by molar-refractivity contribution is 0.0730. The van der Waals surface area contributed by atoms with Crippen LogP contribution in [0, 0.1) is 0 Å². The molecule has 0 bridgehead atoms. The maximum Gasteiger partial charge on any atom is 0.255 e. The summed E-state index contributed by atoms with van der Waals surface area (Å²) in [5, 5.41) is 2.98. The van der Waals surface area contributed by atoms with E-state index in [1.54, 1.807) is 18.2 Å². The van der Waals surface area contributed by atoms with E-state index in [1.807, 2.05) is 43.3 Å². The van der Waals surface area contributed by atoms with Crippen LogP contribution < -0.4 is 15.1 Å². The largest absolute Gasteiger partial charge is 0.379 e. The third-order valence-corrected chi connectivity index (χ3v) is 7.79. The Bertz CT molecular complexity index is 1080. The molecule has 1 amide bonds. The van der Waals surface area contributed by atoms with E-state index in [1.165, 1.54) is 4.31 Å². The minimum atomic E-state index is -3.67. The number of amides is 1. The SMILES string of the molecule is CN(C)c1cccc(C(=O)Nc2cc(S(=O)(=O)N3CCOCC3)ccc2N2CCCC2)c1. The summed E-state index contributed by atoms with van der Waals surface area (Å²) in [7, 11) is 0.172. The summed E-state index contributed by atoms with van der Waals surface area (Å²) in [6.07, 6.45) is 2.15. The van der Waals surface area contributed by atoms with Crippen molar-refractivity contribution in [3.63, 3.8) is 0 Å². The molecule has 2 aromatic carbocycles. The molecule has 2 aromatic rings. The number of hydrogen-bond acceptors (Lipinski definition) is 6. The van der Waals surface area contributed by atoms with Gasteiger partial charge in [-0.1, -0.05) is 6.07 Å². The number of carbonyl (C=O) groups excluding carboxylic acids is 1. The summed E-state index contributed by atoms with van der Waals surface area (Å²) >= 11 is 0. The van der Waals surface area contributed by atoms with E-state index in [2.05, 4.69) is 10.2 Å². The number of carbonyl (C=O) groups is 1. The number of rotatable bonds is 6. The van der Waals surface area contributed by atoms with Gasteiger partial charge in [-0.05, 0) is 49.2 Å². The third-order valence-electron chi connectivity index (χ3n) is 5.90. The predicted octanol–water partition coefficient (Wildman–Crippen LogP) is 2.63. The number of ether oxygens (including phenoxy) is 1. The molecule has 0 radical (unpaired) electrons. The number of benzene rings is 2. The van der Waals surface area contributed by atoms with Crippen LogP contribution in [-0.4, -0.2) is 72.1 Å². The van der Waals surface area contributed by atoms with E-state index in [0.717, 1.165) is 37.3 Å². The quantitative estimate of drug-likeness (QED) is 0.717. The molecule has 0 aliphatic carbocycles. The molecule has 32 heavy (non-hydrogen) atoms. The van der Waals surface area contributed by atoms with E-state index in [-0.39, 0.29) is 10.8 Å². The molecular formula is C23H30N4O4S. The lowest BCUT2D eigenvalue weighted by Gasteiger charge is -2.27. The molecule has 2 heterocycles. The van der Waals surface area contributed by atoms with Crippen LogP contribution in [0.2, 0.25) is 0 Å². The first-order valence-electron chi connectivity index (χ1n) is 10.9. The molecule has 2 aliphatic heterocycles. The van der Waals surface area contributed by atoms with Gasteiger partial charge in [0, 0.05) is 51.5 Å². The van der Waals surface area contributed by atoms with Crippen molar-refractivity contribution in [1.29, 1.82) is 0 Å². The van der Waals surface area contributed by atoms with Crippen LogP contribution in [0.1, 0.15) is 23.2 Å². The van der Waals surface area contributed by atoms with Gasteiger partial charge in [0.2, 0.25) is 10.0 Å². The van der Waals surface area contributed by atoms with Gasteiger partial charge in [0.15, 0.2) is 0 Å². The van der Waals surface area contributed by atoms with Crippen LogP contribution in [0.5, 0.6) is 0 Å². The van der Waals surface area contributed by atoms with E-state index >= 15 is 0 Å². The van der Waals surface area contributed by atoms with Gasteiger partial charge < -0.3 is 19.9 Å². The molecule has 2 aliphatic rings. The van der Waals surface area contributed by atoms with Crippen molar-refractivity contribution in [2.45, 2.75) is 17.7 Å². The number of nitrogens with one attached hydrogen (secondary N) is 1. The van der Waals surface area contributed by atoms with Crippen LogP contribution in [0.15, 0.2) is 47.4 Å². The average molecular weight is 459 g/mol. The first-order valence-corrected chi connectivity index (χ1v) is 12.4. The maximum absolute atomic E-state index is 13.2. The Labute approximate surface area is 189 Å². The Hall–Kier alpha value is -2.62. The van der Waals surface area contributed by atoms with Crippen molar-refractivity contribution in [1.82, 2.24) is 4.31 Å². The Balaban J connectivity index is 1.67. The lowest BCUT2D eigenvalue weighted by atomic mass is 10.1. The zero-order valence-corrected chi connectivity index (χ0v) is 19.4. The molecule has 172 valence electrons. The molecule has 2 saturated heterocycles. The Morgan fingerprint density at radius 3 is 2.41 bits per heavy atom. The van der Waals surface area contributed by atoms with Crippen molar-refractivity contribution in [3.05, 3.63) is 48.0 Å². The van der Waals surface area contributed by atoms with E-state index in [4.69, 9.17) is 4.74 Å². The fourth-order valence-corrected chi connectivity index (χ4v) is 5.50. The second kappa shape index (κ2) is 9.48. The number of nitrogens with zero attached hydrogens (tertiary/aromatic N) is 3. The van der Waals surface area contributed by atoms with Gasteiger partial charge in [-0.15, -0.1) is 0 Å². The van der Waals surface area contributed by atoms with Gasteiger partial charge in [-0.25, -0.2) is 8.42 Å². The summed E-state index contributed by atoms with van der Waals surface area (Å²) in [4.78, 5) is 17.4. The van der Waals surface area contributed by atoms with Crippen molar-refractivity contribution in [2.75, 3.05) is 68.6 Å². The van der Waals surface area contributed by atoms with Crippen LogP contribution >= 0.6 is 0 Å². The molecule has 0 saturated carbocycles.